The highest BCUT2D eigenvalue weighted by atomic mass is 19.4. The molecule has 1 unspecified atom stereocenters. The maximum absolute atomic E-state index is 13.2. The number of nitrogens with one attached hydrogen (secondary N) is 3. The number of urea groups is 1. The predicted molar refractivity (Wildman–Crippen MR) is 114 cm³/mol. The predicted octanol–water partition coefficient (Wildman–Crippen LogP) is 5.28. The fourth-order valence-corrected chi connectivity index (χ4v) is 3.91. The van der Waals surface area contributed by atoms with Gasteiger partial charge in [0, 0.05) is 42.1 Å². The van der Waals surface area contributed by atoms with Crippen molar-refractivity contribution in [1.82, 2.24) is 15.3 Å². The van der Waals surface area contributed by atoms with Gasteiger partial charge < -0.3 is 20.5 Å². The molecule has 31 heavy (non-hydrogen) atoms. The van der Waals surface area contributed by atoms with Crippen molar-refractivity contribution in [2.45, 2.75) is 44.9 Å². The van der Waals surface area contributed by atoms with Crippen LogP contribution in [0, 0.1) is 0 Å². The van der Waals surface area contributed by atoms with E-state index in [9.17, 15) is 18.0 Å². The Bertz CT molecular complexity index is 1080. The van der Waals surface area contributed by atoms with E-state index in [2.05, 4.69) is 20.6 Å². The Morgan fingerprint density at radius 1 is 1.23 bits per heavy atom. The second-order valence-corrected chi connectivity index (χ2v) is 7.80. The molecule has 2 aromatic heterocycles. The van der Waals surface area contributed by atoms with Crippen molar-refractivity contribution in [2.24, 2.45) is 0 Å². The first-order valence-electron chi connectivity index (χ1n) is 10.3. The van der Waals surface area contributed by atoms with E-state index in [0.29, 0.717) is 17.8 Å². The minimum Gasteiger partial charge on any atom is -0.361 e. The maximum Gasteiger partial charge on any atom is 0.433 e. The van der Waals surface area contributed by atoms with Crippen LogP contribution < -0.4 is 15.5 Å². The summed E-state index contributed by atoms with van der Waals surface area (Å²) in [7, 11) is 0. The second kappa shape index (κ2) is 8.49. The van der Waals surface area contributed by atoms with Gasteiger partial charge in [0.2, 0.25) is 0 Å². The average molecular weight is 431 g/mol. The van der Waals surface area contributed by atoms with Crippen LogP contribution in [0.25, 0.3) is 10.9 Å². The molecule has 0 aliphatic carbocycles. The summed E-state index contributed by atoms with van der Waals surface area (Å²) in [5.74, 6) is 0.287. The third kappa shape index (κ3) is 4.76. The molecule has 3 heterocycles. The van der Waals surface area contributed by atoms with Gasteiger partial charge in [0.15, 0.2) is 0 Å². The number of piperidine rings is 1. The number of H-pyrrole nitrogens is 1. The number of nitrogens with zero attached hydrogens (tertiary/aromatic N) is 2. The molecule has 9 heteroatoms. The van der Waals surface area contributed by atoms with E-state index in [1.54, 1.807) is 6.07 Å². The normalized spacial score (nSPS) is 17.0. The lowest BCUT2D eigenvalue weighted by Crippen LogP contribution is -2.39. The summed E-state index contributed by atoms with van der Waals surface area (Å²) in [5, 5.41) is 6.52. The van der Waals surface area contributed by atoms with E-state index in [1.165, 1.54) is 6.07 Å². The summed E-state index contributed by atoms with van der Waals surface area (Å²) in [4.78, 5) is 21.3. The zero-order valence-electron chi connectivity index (χ0n) is 17.1. The zero-order chi connectivity index (χ0) is 22.0. The van der Waals surface area contributed by atoms with Gasteiger partial charge in [-0.05, 0) is 55.8 Å². The number of hydrogen-bond donors (Lipinski definition) is 3. The summed E-state index contributed by atoms with van der Waals surface area (Å²) < 4.78 is 39.7. The van der Waals surface area contributed by atoms with E-state index < -0.39 is 17.9 Å². The van der Waals surface area contributed by atoms with Gasteiger partial charge in [0.1, 0.15) is 11.5 Å². The van der Waals surface area contributed by atoms with Crippen LogP contribution >= 0.6 is 0 Å². The quantitative estimate of drug-likeness (QED) is 0.526. The van der Waals surface area contributed by atoms with E-state index in [-0.39, 0.29) is 18.4 Å². The molecular formula is C22H24F3N5O. The number of pyridine rings is 1. The van der Waals surface area contributed by atoms with Crippen molar-refractivity contribution in [1.29, 1.82) is 0 Å². The Kier molecular flexibility index (Phi) is 5.75. The Morgan fingerprint density at radius 3 is 2.84 bits per heavy atom. The van der Waals surface area contributed by atoms with Crippen LogP contribution in [-0.4, -0.2) is 28.6 Å². The van der Waals surface area contributed by atoms with Gasteiger partial charge in [0.05, 0.1) is 0 Å². The molecule has 0 saturated carbocycles. The number of carbonyl (C=O) groups excluding carboxylic acids is 1. The number of fused-ring (bicyclic) bond motifs is 1. The van der Waals surface area contributed by atoms with E-state index >= 15 is 0 Å². The lowest BCUT2D eigenvalue weighted by molar-refractivity contribution is -0.141. The van der Waals surface area contributed by atoms with Gasteiger partial charge in [-0.15, -0.1) is 0 Å². The molecule has 0 spiro atoms. The van der Waals surface area contributed by atoms with Crippen molar-refractivity contribution in [3.05, 3.63) is 53.9 Å². The molecule has 3 N–H and O–H groups in total. The summed E-state index contributed by atoms with van der Waals surface area (Å²) in [6.45, 7) is 2.70. The fraction of sp³-hybridized carbons (Fsp3) is 0.364. The van der Waals surface area contributed by atoms with Crippen molar-refractivity contribution in [3.8, 4) is 0 Å². The summed E-state index contributed by atoms with van der Waals surface area (Å²) >= 11 is 0. The number of rotatable bonds is 4. The maximum atomic E-state index is 13.2. The number of halogens is 3. The van der Waals surface area contributed by atoms with Crippen LogP contribution in [0.1, 0.15) is 37.4 Å². The fourth-order valence-electron chi connectivity index (χ4n) is 3.91. The minimum atomic E-state index is -4.52. The number of anilines is 2. The van der Waals surface area contributed by atoms with Gasteiger partial charge in [-0.25, -0.2) is 9.78 Å². The molecule has 1 saturated heterocycles. The molecule has 3 aromatic rings. The number of amides is 2. The van der Waals surface area contributed by atoms with Crippen LogP contribution in [0.3, 0.4) is 0 Å². The summed E-state index contributed by atoms with van der Waals surface area (Å²) in [5.41, 5.74) is 1.14. The Hall–Kier alpha value is -3.23. The molecule has 0 bridgehead atoms. The second-order valence-electron chi connectivity index (χ2n) is 7.80. The molecule has 4 rings (SSSR count). The molecule has 1 aliphatic heterocycles. The van der Waals surface area contributed by atoms with Crippen molar-refractivity contribution in [3.63, 3.8) is 0 Å². The van der Waals surface area contributed by atoms with Crippen LogP contribution in [0.2, 0.25) is 0 Å². The summed E-state index contributed by atoms with van der Waals surface area (Å²) in [6.07, 6.45) is 0.129. The smallest absolute Gasteiger partial charge is 0.361 e. The largest absolute Gasteiger partial charge is 0.433 e. The third-order valence-electron chi connectivity index (χ3n) is 5.57. The highest BCUT2D eigenvalue weighted by Crippen LogP contribution is 2.32. The van der Waals surface area contributed by atoms with Crippen LogP contribution in [0.5, 0.6) is 0 Å². The Morgan fingerprint density at radius 2 is 2.06 bits per heavy atom. The number of hydrogen-bond acceptors (Lipinski definition) is 3. The van der Waals surface area contributed by atoms with Crippen molar-refractivity contribution < 1.29 is 18.0 Å². The first-order chi connectivity index (χ1) is 14.8. The lowest BCUT2D eigenvalue weighted by Gasteiger charge is -2.36. The highest BCUT2D eigenvalue weighted by molar-refractivity contribution is 5.92. The number of alkyl halides is 3. The van der Waals surface area contributed by atoms with Crippen molar-refractivity contribution in [2.75, 3.05) is 16.8 Å². The molecule has 0 radical (unpaired) electrons. The standard InChI is InChI=1S/C22H24F3N5O/c1-14-4-2-3-11-30(14)20-16(6-8-19(29-20)22(23,24)25)13-27-21(31)28-17-7-5-15-9-10-26-18(15)12-17/h5-10,12,14,26H,2-4,11,13H2,1H3,(H2,27,28,31). The lowest BCUT2D eigenvalue weighted by atomic mass is 10.0. The van der Waals surface area contributed by atoms with Crippen molar-refractivity contribution >= 4 is 28.4 Å². The Labute approximate surface area is 177 Å². The molecular weight excluding hydrogens is 407 g/mol. The monoisotopic (exact) mass is 431 g/mol. The first-order valence-corrected chi connectivity index (χ1v) is 10.3. The molecule has 1 aliphatic rings. The molecule has 2 amide bonds. The topological polar surface area (TPSA) is 73.1 Å². The third-order valence-corrected chi connectivity index (χ3v) is 5.57. The first kappa shape index (κ1) is 21.0. The summed E-state index contributed by atoms with van der Waals surface area (Å²) in [6, 6.07) is 9.43. The van der Waals surface area contributed by atoms with Gasteiger partial charge in [0.25, 0.3) is 0 Å². The molecule has 1 atom stereocenters. The average Bonchev–Trinajstić information content (AvgIpc) is 3.20. The minimum absolute atomic E-state index is 0.0697. The van der Waals surface area contributed by atoms with E-state index in [4.69, 9.17) is 0 Å². The Balaban J connectivity index is 1.50. The van der Waals surface area contributed by atoms with Gasteiger partial charge >= 0.3 is 12.2 Å². The van der Waals surface area contributed by atoms with Gasteiger partial charge in [-0.2, -0.15) is 13.2 Å². The SMILES string of the molecule is CC1CCCCN1c1nc(C(F)(F)F)ccc1CNC(=O)Nc1ccc2cc[nH]c2c1. The zero-order valence-corrected chi connectivity index (χ0v) is 17.1. The van der Waals surface area contributed by atoms with E-state index in [1.807, 2.05) is 36.2 Å². The highest BCUT2D eigenvalue weighted by Gasteiger charge is 2.34. The number of carbonyl (C=O) groups is 1. The molecule has 164 valence electrons. The number of benzene rings is 1. The molecule has 1 aromatic carbocycles. The van der Waals surface area contributed by atoms with E-state index in [0.717, 1.165) is 36.2 Å². The molecule has 6 nitrogen and oxygen atoms in total. The van der Waals surface area contributed by atoms with Gasteiger partial charge in [-0.3, -0.25) is 0 Å². The van der Waals surface area contributed by atoms with Crippen LogP contribution in [0.15, 0.2) is 42.6 Å². The number of aromatic amines is 1. The molecule has 1 fully saturated rings. The number of aromatic nitrogens is 2. The van der Waals surface area contributed by atoms with Gasteiger partial charge in [-0.1, -0.05) is 12.1 Å². The van der Waals surface area contributed by atoms with Crippen LogP contribution in [-0.2, 0) is 12.7 Å². The van der Waals surface area contributed by atoms with Crippen LogP contribution in [0.4, 0.5) is 29.5 Å².